The summed E-state index contributed by atoms with van der Waals surface area (Å²) < 4.78 is 32.7. The molecule has 1 aliphatic rings. The van der Waals surface area contributed by atoms with Crippen molar-refractivity contribution in [2.24, 2.45) is 0 Å². The van der Waals surface area contributed by atoms with Gasteiger partial charge in [0.1, 0.15) is 6.61 Å². The Bertz CT molecular complexity index is 944. The molecule has 1 aliphatic heterocycles. The van der Waals surface area contributed by atoms with E-state index in [4.69, 9.17) is 4.74 Å². The van der Waals surface area contributed by atoms with E-state index in [2.05, 4.69) is 4.72 Å². The molecule has 0 spiro atoms. The lowest BCUT2D eigenvalue weighted by molar-refractivity contribution is -0.128. The van der Waals surface area contributed by atoms with Crippen LogP contribution in [0.15, 0.2) is 59.5 Å². The molecule has 148 valence electrons. The molecular weight excluding hydrogens is 380 g/mol. The highest BCUT2D eigenvalue weighted by molar-refractivity contribution is 7.89. The summed E-state index contributed by atoms with van der Waals surface area (Å²) in [5.41, 5.74) is 0.980. The molecule has 3 rings (SSSR count). The minimum Gasteiger partial charge on any atom is -0.460 e. The third kappa shape index (κ3) is 5.17. The normalized spacial score (nSPS) is 14.3. The zero-order valence-corrected chi connectivity index (χ0v) is 16.2. The van der Waals surface area contributed by atoms with Crippen LogP contribution in [0.2, 0.25) is 0 Å². The van der Waals surface area contributed by atoms with Gasteiger partial charge in [0.15, 0.2) is 0 Å². The number of carbonyl (C=O) groups is 2. The Morgan fingerprint density at radius 3 is 2.61 bits per heavy atom. The lowest BCUT2D eigenvalue weighted by atomic mass is 10.2. The van der Waals surface area contributed by atoms with Crippen LogP contribution in [0.25, 0.3) is 0 Å². The molecule has 0 unspecified atom stereocenters. The number of amides is 1. The molecule has 0 atom stereocenters. The predicted octanol–water partition coefficient (Wildman–Crippen LogP) is 1.94. The van der Waals surface area contributed by atoms with Gasteiger partial charge in [0.2, 0.25) is 15.9 Å². The molecule has 1 heterocycles. The lowest BCUT2D eigenvalue weighted by Crippen LogP contribution is -2.29. The summed E-state index contributed by atoms with van der Waals surface area (Å²) in [6, 6.07) is 14.9. The second kappa shape index (κ2) is 8.99. The highest BCUT2D eigenvalue weighted by Gasteiger charge is 2.20. The number of nitrogens with zero attached hydrogens (tertiary/aromatic N) is 1. The van der Waals surface area contributed by atoms with Crippen molar-refractivity contribution in [2.75, 3.05) is 19.7 Å². The van der Waals surface area contributed by atoms with Crippen molar-refractivity contribution in [1.29, 1.82) is 0 Å². The SMILES string of the molecule is O=C(OCCN1CCCC1=O)c1cccc(S(=O)(=O)NCc2ccccc2)c1. The van der Waals surface area contributed by atoms with E-state index >= 15 is 0 Å². The van der Waals surface area contributed by atoms with E-state index in [1.807, 2.05) is 30.3 Å². The summed E-state index contributed by atoms with van der Waals surface area (Å²) in [5.74, 6) is -0.555. The summed E-state index contributed by atoms with van der Waals surface area (Å²) in [4.78, 5) is 25.4. The second-order valence-corrected chi connectivity index (χ2v) is 8.23. The van der Waals surface area contributed by atoms with Crippen molar-refractivity contribution >= 4 is 21.9 Å². The highest BCUT2D eigenvalue weighted by atomic mass is 32.2. The smallest absolute Gasteiger partial charge is 0.338 e. The van der Waals surface area contributed by atoms with Gasteiger partial charge in [-0.1, -0.05) is 36.4 Å². The van der Waals surface area contributed by atoms with E-state index in [1.165, 1.54) is 24.3 Å². The Balaban J connectivity index is 1.59. The van der Waals surface area contributed by atoms with Crippen LogP contribution in [0.3, 0.4) is 0 Å². The first-order chi connectivity index (χ1) is 13.5. The van der Waals surface area contributed by atoms with Crippen LogP contribution in [0.4, 0.5) is 0 Å². The van der Waals surface area contributed by atoms with Crippen LogP contribution >= 0.6 is 0 Å². The van der Waals surface area contributed by atoms with Gasteiger partial charge in [-0.2, -0.15) is 0 Å². The number of ether oxygens (including phenoxy) is 1. The van der Waals surface area contributed by atoms with Gasteiger partial charge in [0, 0.05) is 19.5 Å². The molecular formula is C20H22N2O5S. The summed E-state index contributed by atoms with van der Waals surface area (Å²) in [5, 5.41) is 0. The van der Waals surface area contributed by atoms with E-state index in [0.29, 0.717) is 19.5 Å². The van der Waals surface area contributed by atoms with Crippen molar-refractivity contribution in [3.63, 3.8) is 0 Å². The highest BCUT2D eigenvalue weighted by Crippen LogP contribution is 2.14. The van der Waals surface area contributed by atoms with Crippen molar-refractivity contribution in [3.8, 4) is 0 Å². The first kappa shape index (κ1) is 20.0. The molecule has 7 nitrogen and oxygen atoms in total. The largest absolute Gasteiger partial charge is 0.460 e. The molecule has 0 bridgehead atoms. The van der Waals surface area contributed by atoms with E-state index in [0.717, 1.165) is 12.0 Å². The van der Waals surface area contributed by atoms with Crippen molar-refractivity contribution in [3.05, 3.63) is 65.7 Å². The fourth-order valence-corrected chi connectivity index (χ4v) is 3.98. The Morgan fingerprint density at radius 1 is 1.11 bits per heavy atom. The maximum Gasteiger partial charge on any atom is 0.338 e. The average Bonchev–Trinajstić information content (AvgIpc) is 3.12. The van der Waals surface area contributed by atoms with Crippen LogP contribution in [0, 0.1) is 0 Å². The van der Waals surface area contributed by atoms with Gasteiger partial charge in [-0.15, -0.1) is 0 Å². The van der Waals surface area contributed by atoms with Gasteiger partial charge < -0.3 is 9.64 Å². The molecule has 0 radical (unpaired) electrons. The minimum absolute atomic E-state index is 0.00685. The molecule has 8 heteroatoms. The molecule has 0 aliphatic carbocycles. The number of sulfonamides is 1. The summed E-state index contributed by atoms with van der Waals surface area (Å²) in [6.45, 7) is 1.26. The quantitative estimate of drug-likeness (QED) is 0.681. The summed E-state index contributed by atoms with van der Waals surface area (Å²) >= 11 is 0. The molecule has 0 aromatic heterocycles. The molecule has 1 saturated heterocycles. The standard InChI is InChI=1S/C20H22N2O5S/c23-19-10-5-11-22(19)12-13-27-20(24)17-8-4-9-18(14-17)28(25,26)21-15-16-6-2-1-3-7-16/h1-4,6-9,14,21H,5,10-13,15H2. The number of nitrogens with one attached hydrogen (secondary N) is 1. The number of carbonyl (C=O) groups excluding carboxylic acids is 2. The number of hydrogen-bond acceptors (Lipinski definition) is 5. The van der Waals surface area contributed by atoms with Gasteiger partial charge in [0.05, 0.1) is 17.0 Å². The van der Waals surface area contributed by atoms with E-state index in [-0.39, 0.29) is 29.5 Å². The Morgan fingerprint density at radius 2 is 1.89 bits per heavy atom. The Labute approximate surface area is 164 Å². The van der Waals surface area contributed by atoms with Crippen LogP contribution < -0.4 is 4.72 Å². The zero-order valence-electron chi connectivity index (χ0n) is 15.3. The van der Waals surface area contributed by atoms with Crippen LogP contribution in [-0.2, 0) is 26.1 Å². The average molecular weight is 402 g/mol. The molecule has 1 N–H and O–H groups in total. The van der Waals surface area contributed by atoms with Gasteiger partial charge in [-0.25, -0.2) is 17.9 Å². The third-order valence-electron chi connectivity index (χ3n) is 4.45. The predicted molar refractivity (Wildman–Crippen MR) is 103 cm³/mol. The van der Waals surface area contributed by atoms with Gasteiger partial charge in [0.25, 0.3) is 0 Å². The minimum atomic E-state index is -3.77. The van der Waals surface area contributed by atoms with Gasteiger partial charge in [-0.05, 0) is 30.2 Å². The maximum absolute atomic E-state index is 12.5. The second-order valence-electron chi connectivity index (χ2n) is 6.46. The molecule has 0 saturated carbocycles. The number of rotatable bonds is 8. The summed E-state index contributed by atoms with van der Waals surface area (Å²) in [6.07, 6.45) is 1.35. The molecule has 28 heavy (non-hydrogen) atoms. The third-order valence-corrected chi connectivity index (χ3v) is 5.85. The number of likely N-dealkylation sites (tertiary alicyclic amines) is 1. The van der Waals surface area contributed by atoms with Crippen LogP contribution in [0.5, 0.6) is 0 Å². The maximum atomic E-state index is 12.5. The number of esters is 1. The van der Waals surface area contributed by atoms with Crippen molar-refractivity contribution in [2.45, 2.75) is 24.3 Å². The molecule has 1 amide bonds. The van der Waals surface area contributed by atoms with Crippen LogP contribution in [0.1, 0.15) is 28.8 Å². The van der Waals surface area contributed by atoms with Gasteiger partial charge in [-0.3, -0.25) is 4.79 Å². The van der Waals surface area contributed by atoms with Gasteiger partial charge >= 0.3 is 5.97 Å². The first-order valence-corrected chi connectivity index (χ1v) is 10.5. The Kier molecular flexibility index (Phi) is 6.43. The van der Waals surface area contributed by atoms with E-state index in [9.17, 15) is 18.0 Å². The fourth-order valence-electron chi connectivity index (χ4n) is 2.92. The summed E-state index contributed by atoms with van der Waals surface area (Å²) in [7, 11) is -3.77. The Hall–Kier alpha value is -2.71. The van der Waals surface area contributed by atoms with Crippen LogP contribution in [-0.4, -0.2) is 44.9 Å². The number of benzene rings is 2. The van der Waals surface area contributed by atoms with Crippen molar-refractivity contribution < 1.29 is 22.7 Å². The van der Waals surface area contributed by atoms with Crippen molar-refractivity contribution in [1.82, 2.24) is 9.62 Å². The first-order valence-electron chi connectivity index (χ1n) is 9.04. The van der Waals surface area contributed by atoms with E-state index < -0.39 is 16.0 Å². The zero-order chi connectivity index (χ0) is 20.0. The topological polar surface area (TPSA) is 92.8 Å². The molecule has 2 aromatic rings. The number of hydrogen-bond donors (Lipinski definition) is 1. The molecule has 1 fully saturated rings. The monoisotopic (exact) mass is 402 g/mol. The van der Waals surface area contributed by atoms with E-state index in [1.54, 1.807) is 4.90 Å². The molecule has 2 aromatic carbocycles. The lowest BCUT2D eigenvalue weighted by Gasteiger charge is -2.15. The fraction of sp³-hybridized carbons (Fsp3) is 0.300.